The van der Waals surface area contributed by atoms with Crippen molar-refractivity contribution in [2.75, 3.05) is 6.54 Å². The minimum absolute atomic E-state index is 0.0770. The Labute approximate surface area is 174 Å². The van der Waals surface area contributed by atoms with Gasteiger partial charge < -0.3 is 20.5 Å². The summed E-state index contributed by atoms with van der Waals surface area (Å²) in [7, 11) is 0. The summed E-state index contributed by atoms with van der Waals surface area (Å²) in [6, 6.07) is 7.96. The summed E-state index contributed by atoms with van der Waals surface area (Å²) in [5, 5.41) is 9.95. The maximum atomic E-state index is 12.5. The molecule has 2 aliphatic rings. The highest BCUT2D eigenvalue weighted by atomic mass is 16.6. The predicted octanol–water partition coefficient (Wildman–Crippen LogP) is 4.13. The van der Waals surface area contributed by atoms with Crippen LogP contribution in [0.2, 0.25) is 0 Å². The fourth-order valence-electron chi connectivity index (χ4n) is 4.23. The Bertz CT molecular complexity index is 764. The molecule has 1 saturated carbocycles. The lowest BCUT2D eigenvalue weighted by atomic mass is 9.83. The van der Waals surface area contributed by atoms with Crippen molar-refractivity contribution in [3.05, 3.63) is 35.4 Å². The maximum Gasteiger partial charge on any atom is 0.410 e. The average Bonchev–Trinajstić information content (AvgIpc) is 2.66. The molecular formula is C24H34N2O3. The summed E-state index contributed by atoms with van der Waals surface area (Å²) in [5.74, 6) is 6.51. The number of amides is 1. The molecule has 0 spiro atoms. The lowest BCUT2D eigenvalue weighted by Crippen LogP contribution is -2.45. The lowest BCUT2D eigenvalue weighted by Gasteiger charge is -2.37. The van der Waals surface area contributed by atoms with Crippen LogP contribution in [-0.2, 0) is 4.74 Å². The molecule has 1 aromatic carbocycles. The molecule has 29 heavy (non-hydrogen) atoms. The van der Waals surface area contributed by atoms with Gasteiger partial charge in [0.2, 0.25) is 0 Å². The Morgan fingerprint density at radius 2 is 1.93 bits per heavy atom. The van der Waals surface area contributed by atoms with E-state index < -0.39 is 5.60 Å². The summed E-state index contributed by atoms with van der Waals surface area (Å²) in [6.45, 7) is 6.11. The van der Waals surface area contributed by atoms with E-state index in [0.717, 1.165) is 43.2 Å². The molecule has 1 aliphatic carbocycles. The highest BCUT2D eigenvalue weighted by Crippen LogP contribution is 2.28. The first-order valence-corrected chi connectivity index (χ1v) is 10.8. The van der Waals surface area contributed by atoms with E-state index in [2.05, 4.69) is 11.8 Å². The van der Waals surface area contributed by atoms with Crippen LogP contribution >= 0.6 is 0 Å². The Kier molecular flexibility index (Phi) is 6.55. The first-order valence-electron chi connectivity index (χ1n) is 10.8. The van der Waals surface area contributed by atoms with Gasteiger partial charge in [-0.05, 0) is 51.3 Å². The minimum Gasteiger partial charge on any atom is -0.446 e. The highest BCUT2D eigenvalue weighted by molar-refractivity contribution is 5.69. The highest BCUT2D eigenvalue weighted by Gasteiger charge is 2.33. The molecule has 0 aromatic heterocycles. The molecule has 1 amide bonds. The molecular weight excluding hydrogens is 364 g/mol. The SMILES string of the molecule is CC(c1ccc(C#CC2(N)CCCCC2)cc1)N1CCC(CC(C)(C)O)OC1=O. The molecule has 2 unspecified atom stereocenters. The van der Waals surface area contributed by atoms with Gasteiger partial charge in [0.25, 0.3) is 0 Å². The van der Waals surface area contributed by atoms with E-state index in [4.69, 9.17) is 10.5 Å². The quantitative estimate of drug-likeness (QED) is 0.748. The normalized spacial score (nSPS) is 23.0. The van der Waals surface area contributed by atoms with Crippen molar-refractivity contribution < 1.29 is 14.6 Å². The summed E-state index contributed by atoms with van der Waals surface area (Å²) in [4.78, 5) is 14.2. The third kappa shape index (κ3) is 5.98. The number of aliphatic hydroxyl groups is 1. The fourth-order valence-corrected chi connectivity index (χ4v) is 4.23. The molecule has 1 aliphatic heterocycles. The molecule has 5 nitrogen and oxygen atoms in total. The van der Waals surface area contributed by atoms with Crippen LogP contribution < -0.4 is 5.73 Å². The van der Waals surface area contributed by atoms with Crippen molar-refractivity contribution in [2.24, 2.45) is 5.73 Å². The third-order valence-electron chi connectivity index (χ3n) is 5.98. The van der Waals surface area contributed by atoms with Gasteiger partial charge in [0.05, 0.1) is 17.2 Å². The topological polar surface area (TPSA) is 75.8 Å². The molecule has 2 atom stereocenters. The first kappa shape index (κ1) is 21.7. The number of ether oxygens (including phenoxy) is 1. The molecule has 3 rings (SSSR count). The average molecular weight is 399 g/mol. The summed E-state index contributed by atoms with van der Waals surface area (Å²) >= 11 is 0. The zero-order valence-corrected chi connectivity index (χ0v) is 17.9. The van der Waals surface area contributed by atoms with Crippen LogP contribution in [0.15, 0.2) is 24.3 Å². The van der Waals surface area contributed by atoms with E-state index >= 15 is 0 Å². The van der Waals surface area contributed by atoms with Gasteiger partial charge in [-0.15, -0.1) is 0 Å². The molecule has 0 radical (unpaired) electrons. The largest absolute Gasteiger partial charge is 0.446 e. The maximum absolute atomic E-state index is 12.5. The Balaban J connectivity index is 1.61. The van der Waals surface area contributed by atoms with Crippen LogP contribution in [0, 0.1) is 11.8 Å². The van der Waals surface area contributed by atoms with Gasteiger partial charge in [-0.2, -0.15) is 0 Å². The van der Waals surface area contributed by atoms with Gasteiger partial charge in [0.15, 0.2) is 0 Å². The smallest absolute Gasteiger partial charge is 0.410 e. The van der Waals surface area contributed by atoms with E-state index in [9.17, 15) is 9.90 Å². The second-order valence-corrected chi connectivity index (χ2v) is 9.27. The van der Waals surface area contributed by atoms with E-state index in [1.165, 1.54) is 6.42 Å². The zero-order chi connectivity index (χ0) is 21.1. The molecule has 3 N–H and O–H groups in total. The second kappa shape index (κ2) is 8.77. The number of hydrogen-bond donors (Lipinski definition) is 2. The lowest BCUT2D eigenvalue weighted by molar-refractivity contribution is -0.0309. The fraction of sp³-hybridized carbons (Fsp3) is 0.625. The number of nitrogens with two attached hydrogens (primary N) is 1. The van der Waals surface area contributed by atoms with Crippen molar-refractivity contribution in [2.45, 2.75) is 89.0 Å². The van der Waals surface area contributed by atoms with Gasteiger partial charge in [-0.3, -0.25) is 0 Å². The number of benzene rings is 1. The van der Waals surface area contributed by atoms with Gasteiger partial charge in [-0.1, -0.05) is 43.2 Å². The van der Waals surface area contributed by atoms with Crippen LogP contribution in [0.5, 0.6) is 0 Å². The van der Waals surface area contributed by atoms with E-state index in [1.807, 2.05) is 31.2 Å². The number of carbonyl (C=O) groups excluding carboxylic acids is 1. The predicted molar refractivity (Wildman–Crippen MR) is 114 cm³/mol. The zero-order valence-electron chi connectivity index (χ0n) is 17.9. The van der Waals surface area contributed by atoms with Gasteiger partial charge >= 0.3 is 6.09 Å². The Morgan fingerprint density at radius 3 is 2.52 bits per heavy atom. The molecule has 1 heterocycles. The van der Waals surface area contributed by atoms with Crippen LogP contribution in [0.4, 0.5) is 4.79 Å². The van der Waals surface area contributed by atoms with E-state index in [1.54, 1.807) is 18.7 Å². The summed E-state index contributed by atoms with van der Waals surface area (Å²) in [6.07, 6.45) is 6.15. The molecule has 1 aromatic rings. The number of rotatable bonds is 4. The van der Waals surface area contributed by atoms with Crippen LogP contribution in [0.3, 0.4) is 0 Å². The molecule has 5 heteroatoms. The van der Waals surface area contributed by atoms with Gasteiger partial charge in [0.1, 0.15) is 6.10 Å². The van der Waals surface area contributed by atoms with Crippen LogP contribution in [0.25, 0.3) is 0 Å². The molecule has 158 valence electrons. The first-order chi connectivity index (χ1) is 13.7. The number of nitrogens with zero attached hydrogens (tertiary/aromatic N) is 1. The third-order valence-corrected chi connectivity index (χ3v) is 5.98. The number of cyclic esters (lactones) is 1. The second-order valence-electron chi connectivity index (χ2n) is 9.27. The van der Waals surface area contributed by atoms with E-state index in [-0.39, 0.29) is 23.8 Å². The van der Waals surface area contributed by atoms with Crippen molar-refractivity contribution in [3.8, 4) is 11.8 Å². The van der Waals surface area contributed by atoms with Crippen LogP contribution in [-0.4, -0.2) is 39.9 Å². The van der Waals surface area contributed by atoms with Gasteiger partial charge in [0, 0.05) is 24.9 Å². The van der Waals surface area contributed by atoms with Gasteiger partial charge in [-0.25, -0.2) is 4.79 Å². The monoisotopic (exact) mass is 398 g/mol. The van der Waals surface area contributed by atoms with E-state index in [0.29, 0.717) is 13.0 Å². The standard InChI is InChI=1S/C24H34N2O3/c1-18(26-16-12-21(29-22(26)27)17-23(2,3)28)20-9-7-19(8-10-20)11-15-24(25)13-5-4-6-14-24/h7-10,18,21,28H,4-6,12-14,16-17,25H2,1-3H3. The number of hydrogen-bond acceptors (Lipinski definition) is 4. The Morgan fingerprint density at radius 1 is 1.28 bits per heavy atom. The van der Waals surface area contributed by atoms with Crippen molar-refractivity contribution >= 4 is 6.09 Å². The molecule has 0 bridgehead atoms. The summed E-state index contributed by atoms with van der Waals surface area (Å²) < 4.78 is 5.55. The molecule has 2 fully saturated rings. The van der Waals surface area contributed by atoms with Crippen molar-refractivity contribution in [1.29, 1.82) is 0 Å². The van der Waals surface area contributed by atoms with Crippen molar-refractivity contribution in [1.82, 2.24) is 4.90 Å². The Hall–Kier alpha value is -2.03. The number of carbonyl (C=O) groups is 1. The van der Waals surface area contributed by atoms with Crippen molar-refractivity contribution in [3.63, 3.8) is 0 Å². The molecule has 1 saturated heterocycles. The van der Waals surface area contributed by atoms with Crippen LogP contribution in [0.1, 0.15) is 82.9 Å². The summed E-state index contributed by atoms with van der Waals surface area (Å²) in [5.41, 5.74) is 7.21. The minimum atomic E-state index is -0.838.